The van der Waals surface area contributed by atoms with Crippen molar-refractivity contribution in [2.75, 3.05) is 19.8 Å². The van der Waals surface area contributed by atoms with Crippen LogP contribution in [0.25, 0.3) is 0 Å². The number of ether oxygens (including phenoxy) is 2. The summed E-state index contributed by atoms with van der Waals surface area (Å²) >= 11 is 0. The Kier molecular flexibility index (Phi) is 6.47. The van der Waals surface area contributed by atoms with Gasteiger partial charge in [-0.1, -0.05) is 13.8 Å². The van der Waals surface area contributed by atoms with E-state index in [1.807, 2.05) is 13.8 Å². The molecule has 2 saturated heterocycles. The topological polar surface area (TPSA) is 38.8 Å². The van der Waals surface area contributed by atoms with E-state index in [0.29, 0.717) is 45.4 Å². The molecule has 0 aromatic carbocycles. The highest BCUT2D eigenvalue weighted by atomic mass is 19.3. The van der Waals surface area contributed by atoms with Gasteiger partial charge in [0, 0.05) is 19.1 Å². The van der Waals surface area contributed by atoms with Crippen molar-refractivity contribution in [3.05, 3.63) is 0 Å². The molecule has 146 valence electrons. The van der Waals surface area contributed by atoms with Crippen LogP contribution in [0.15, 0.2) is 0 Å². The number of nitrogens with zero attached hydrogens (tertiary/aromatic N) is 1. The summed E-state index contributed by atoms with van der Waals surface area (Å²) in [6.45, 7) is 10.5. The lowest BCUT2D eigenvalue weighted by Gasteiger charge is -2.41. The fraction of sp³-hybridized carbons (Fsp3) is 0.947. The average molecular weight is 361 g/mol. The van der Waals surface area contributed by atoms with Crippen molar-refractivity contribution < 1.29 is 23.0 Å². The first-order valence-corrected chi connectivity index (χ1v) is 9.48. The molecule has 25 heavy (non-hydrogen) atoms. The van der Waals surface area contributed by atoms with E-state index in [1.54, 1.807) is 25.7 Å². The number of carbonyl (C=O) groups is 1. The second-order valence-corrected chi connectivity index (χ2v) is 8.68. The Hall–Kier alpha value is -0.750. The number of hydrogen-bond donors (Lipinski definition) is 0. The van der Waals surface area contributed by atoms with E-state index in [4.69, 9.17) is 9.47 Å². The molecule has 6 heteroatoms. The van der Waals surface area contributed by atoms with Gasteiger partial charge in [0.05, 0.1) is 6.04 Å². The molecule has 0 aromatic heterocycles. The van der Waals surface area contributed by atoms with Crippen molar-refractivity contribution in [3.8, 4) is 0 Å². The molecular formula is C19H33F2NO3. The Morgan fingerprint density at radius 1 is 1.16 bits per heavy atom. The summed E-state index contributed by atoms with van der Waals surface area (Å²) in [6.07, 6.45) is 1.89. The molecule has 0 radical (unpaired) electrons. The molecule has 2 aliphatic heterocycles. The van der Waals surface area contributed by atoms with Crippen LogP contribution in [0.3, 0.4) is 0 Å². The first-order chi connectivity index (χ1) is 11.5. The third-order valence-electron chi connectivity index (χ3n) is 5.14. The average Bonchev–Trinajstić information content (AvgIpc) is 2.95. The lowest BCUT2D eigenvalue weighted by atomic mass is 9.86. The van der Waals surface area contributed by atoms with Crippen molar-refractivity contribution in [1.82, 2.24) is 4.90 Å². The molecule has 4 nitrogen and oxygen atoms in total. The van der Waals surface area contributed by atoms with Crippen molar-refractivity contribution in [1.29, 1.82) is 0 Å². The van der Waals surface area contributed by atoms with Gasteiger partial charge in [-0.25, -0.2) is 8.78 Å². The van der Waals surface area contributed by atoms with Gasteiger partial charge < -0.3 is 9.47 Å². The first-order valence-electron chi connectivity index (χ1n) is 9.48. The minimum absolute atomic E-state index is 0.0825. The van der Waals surface area contributed by atoms with E-state index in [9.17, 15) is 4.79 Å². The van der Waals surface area contributed by atoms with E-state index in [1.165, 1.54) is 0 Å². The van der Waals surface area contributed by atoms with E-state index in [0.717, 1.165) is 0 Å². The predicted octanol–water partition coefficient (Wildman–Crippen LogP) is 3.88. The van der Waals surface area contributed by atoms with Gasteiger partial charge in [-0.15, -0.1) is 0 Å². The lowest BCUT2D eigenvalue weighted by molar-refractivity contribution is -0.174. The van der Waals surface area contributed by atoms with Crippen molar-refractivity contribution in [3.63, 3.8) is 0 Å². The van der Waals surface area contributed by atoms with Crippen LogP contribution in [0.2, 0.25) is 0 Å². The standard InChI is InChI=1S/C19H33F2NO3/c1-13(2)16(17(23)25-18(3,4)5)22-10-6-7-15(22)19(20,21)14-8-11-24-12-9-14/h13-16H,6-12H2,1-5H3/t15-,16+/m1/s1. The van der Waals surface area contributed by atoms with Crippen LogP contribution >= 0.6 is 0 Å². The first kappa shape index (κ1) is 20.6. The van der Waals surface area contributed by atoms with Crippen LogP contribution in [-0.2, 0) is 14.3 Å². The molecule has 0 unspecified atom stereocenters. The maximum atomic E-state index is 15.2. The summed E-state index contributed by atoms with van der Waals surface area (Å²) in [7, 11) is 0. The number of likely N-dealkylation sites (tertiary alicyclic amines) is 1. The number of hydrogen-bond acceptors (Lipinski definition) is 4. The van der Waals surface area contributed by atoms with Crippen LogP contribution in [0.4, 0.5) is 8.78 Å². The Morgan fingerprint density at radius 2 is 1.76 bits per heavy atom. The highest BCUT2D eigenvalue weighted by Crippen LogP contribution is 2.42. The molecule has 2 heterocycles. The van der Waals surface area contributed by atoms with Gasteiger partial charge in [-0.3, -0.25) is 9.69 Å². The lowest BCUT2D eigenvalue weighted by Crippen LogP contribution is -2.56. The van der Waals surface area contributed by atoms with Gasteiger partial charge in [-0.2, -0.15) is 0 Å². The second-order valence-electron chi connectivity index (χ2n) is 8.68. The zero-order chi connectivity index (χ0) is 18.8. The molecule has 0 amide bonds. The van der Waals surface area contributed by atoms with Gasteiger partial charge in [0.25, 0.3) is 5.92 Å². The Balaban J connectivity index is 2.20. The van der Waals surface area contributed by atoms with Crippen LogP contribution in [0, 0.1) is 11.8 Å². The molecule has 0 N–H and O–H groups in total. The van der Waals surface area contributed by atoms with Crippen LogP contribution in [0.5, 0.6) is 0 Å². The quantitative estimate of drug-likeness (QED) is 0.697. The molecule has 2 fully saturated rings. The molecule has 2 atom stereocenters. The van der Waals surface area contributed by atoms with Crippen molar-refractivity contribution in [2.24, 2.45) is 11.8 Å². The van der Waals surface area contributed by atoms with Crippen molar-refractivity contribution in [2.45, 2.75) is 83.9 Å². The predicted molar refractivity (Wildman–Crippen MR) is 92.7 cm³/mol. The van der Waals surface area contributed by atoms with E-state index in [-0.39, 0.29) is 5.92 Å². The third-order valence-corrected chi connectivity index (χ3v) is 5.14. The second kappa shape index (κ2) is 7.87. The molecule has 0 aromatic rings. The van der Waals surface area contributed by atoms with Gasteiger partial charge in [0.1, 0.15) is 11.6 Å². The Bertz CT molecular complexity index is 456. The summed E-state index contributed by atoms with van der Waals surface area (Å²) < 4.78 is 41.3. The van der Waals surface area contributed by atoms with Crippen LogP contribution < -0.4 is 0 Å². The Morgan fingerprint density at radius 3 is 2.28 bits per heavy atom. The minimum Gasteiger partial charge on any atom is -0.459 e. The summed E-state index contributed by atoms with van der Waals surface area (Å²) in [5.41, 5.74) is -0.622. The summed E-state index contributed by atoms with van der Waals surface area (Å²) in [5, 5.41) is 0. The normalized spacial score (nSPS) is 25.4. The minimum atomic E-state index is -2.81. The van der Waals surface area contributed by atoms with Gasteiger partial charge in [0.2, 0.25) is 0 Å². The van der Waals surface area contributed by atoms with E-state index < -0.39 is 35.5 Å². The van der Waals surface area contributed by atoms with Crippen molar-refractivity contribution >= 4 is 5.97 Å². The largest absolute Gasteiger partial charge is 0.459 e. The fourth-order valence-corrected chi connectivity index (χ4v) is 4.04. The third kappa shape index (κ3) is 4.91. The zero-order valence-electron chi connectivity index (χ0n) is 16.2. The van der Waals surface area contributed by atoms with Gasteiger partial charge >= 0.3 is 5.97 Å². The zero-order valence-corrected chi connectivity index (χ0v) is 16.2. The number of halogens is 2. The van der Waals surface area contributed by atoms with Crippen LogP contribution in [0.1, 0.15) is 60.3 Å². The Labute approximate surface area is 150 Å². The maximum Gasteiger partial charge on any atom is 0.324 e. The molecule has 0 saturated carbocycles. The SMILES string of the molecule is CC(C)[C@@H](C(=O)OC(C)(C)C)N1CCC[C@@H]1C(F)(F)C1CCOCC1. The number of rotatable bonds is 5. The molecular weight excluding hydrogens is 328 g/mol. The summed E-state index contributed by atoms with van der Waals surface area (Å²) in [4.78, 5) is 14.4. The summed E-state index contributed by atoms with van der Waals surface area (Å²) in [5.74, 6) is -3.95. The number of esters is 1. The monoisotopic (exact) mass is 361 g/mol. The van der Waals surface area contributed by atoms with E-state index in [2.05, 4.69) is 0 Å². The highest BCUT2D eigenvalue weighted by molar-refractivity contribution is 5.76. The molecule has 2 rings (SSSR count). The van der Waals surface area contributed by atoms with Gasteiger partial charge in [0.15, 0.2) is 0 Å². The van der Waals surface area contributed by atoms with E-state index >= 15 is 8.78 Å². The molecule has 2 aliphatic rings. The van der Waals surface area contributed by atoms with Crippen LogP contribution in [-0.4, -0.2) is 54.2 Å². The highest BCUT2D eigenvalue weighted by Gasteiger charge is 2.54. The molecule has 0 spiro atoms. The number of carbonyl (C=O) groups excluding carboxylic acids is 1. The summed E-state index contributed by atoms with van der Waals surface area (Å²) in [6, 6.07) is -1.52. The molecule has 0 aliphatic carbocycles. The fourth-order valence-electron chi connectivity index (χ4n) is 4.04. The molecule has 0 bridgehead atoms. The maximum absolute atomic E-state index is 15.2. The smallest absolute Gasteiger partial charge is 0.324 e. The van der Waals surface area contributed by atoms with Gasteiger partial charge in [-0.05, 0) is 58.9 Å². The number of alkyl halides is 2.